The van der Waals surface area contributed by atoms with E-state index in [1.165, 1.54) is 39.0 Å². The Kier molecular flexibility index (Phi) is 3.99. The molecule has 0 fully saturated rings. The van der Waals surface area contributed by atoms with Crippen molar-refractivity contribution in [2.24, 2.45) is 0 Å². The average Bonchev–Trinajstić information content (AvgIpc) is 2.66. The summed E-state index contributed by atoms with van der Waals surface area (Å²) in [7, 11) is 0. The fraction of sp³-hybridized carbons (Fsp3) is 0.0833. The van der Waals surface area contributed by atoms with Crippen LogP contribution in [0.2, 0.25) is 0 Å². The number of hydrogen-bond donors (Lipinski definition) is 0. The van der Waals surface area contributed by atoms with Crippen LogP contribution in [0.15, 0.2) is 91.0 Å². The van der Waals surface area contributed by atoms with Gasteiger partial charge >= 0.3 is 0 Å². The largest absolute Gasteiger partial charge is 0.310 e. The van der Waals surface area contributed by atoms with Gasteiger partial charge in [0, 0.05) is 16.8 Å². The topological polar surface area (TPSA) is 3.24 Å². The van der Waals surface area contributed by atoms with E-state index in [-0.39, 0.29) is 0 Å². The first-order chi connectivity index (χ1) is 12.2. The van der Waals surface area contributed by atoms with Gasteiger partial charge in [0.1, 0.15) is 0 Å². The Bertz CT molecular complexity index is 1000. The molecule has 0 amide bonds. The van der Waals surface area contributed by atoms with Crippen LogP contribution in [0.3, 0.4) is 0 Å². The summed E-state index contributed by atoms with van der Waals surface area (Å²) in [6.07, 6.45) is 0. The molecule has 0 aliphatic rings. The molecule has 0 heterocycles. The Hall–Kier alpha value is -3.06. The molecule has 0 bridgehead atoms. The Morgan fingerprint density at radius 3 is 1.84 bits per heavy atom. The van der Waals surface area contributed by atoms with Crippen LogP contribution < -0.4 is 4.90 Å². The molecule has 4 aromatic rings. The van der Waals surface area contributed by atoms with E-state index < -0.39 is 0 Å². The predicted octanol–water partition coefficient (Wildman–Crippen LogP) is 6.93. The van der Waals surface area contributed by atoms with Crippen molar-refractivity contribution >= 4 is 27.8 Å². The summed E-state index contributed by atoms with van der Waals surface area (Å²) in [6.45, 7) is 4.29. The van der Waals surface area contributed by atoms with Crippen molar-refractivity contribution in [1.82, 2.24) is 0 Å². The van der Waals surface area contributed by atoms with Crippen molar-refractivity contribution in [3.63, 3.8) is 0 Å². The number of rotatable bonds is 3. The van der Waals surface area contributed by atoms with Crippen molar-refractivity contribution in [3.05, 3.63) is 102 Å². The molecule has 0 aromatic heterocycles. The van der Waals surface area contributed by atoms with E-state index in [0.29, 0.717) is 0 Å². The number of para-hydroxylation sites is 1. The summed E-state index contributed by atoms with van der Waals surface area (Å²) in [4.78, 5) is 2.33. The van der Waals surface area contributed by atoms with Crippen molar-refractivity contribution in [1.29, 1.82) is 0 Å². The molecule has 0 aliphatic carbocycles. The third kappa shape index (κ3) is 2.89. The SMILES string of the molecule is Cc1ccc(N(c2ccccc2)c2ccc(C)c3ccccc23)cc1. The van der Waals surface area contributed by atoms with Crippen molar-refractivity contribution in [3.8, 4) is 0 Å². The third-order valence-electron chi connectivity index (χ3n) is 4.67. The van der Waals surface area contributed by atoms with Crippen molar-refractivity contribution < 1.29 is 0 Å². The Labute approximate surface area is 149 Å². The molecule has 0 unspecified atom stereocenters. The van der Waals surface area contributed by atoms with E-state index in [0.717, 1.165) is 0 Å². The zero-order chi connectivity index (χ0) is 17.2. The lowest BCUT2D eigenvalue weighted by Crippen LogP contribution is -2.10. The predicted molar refractivity (Wildman–Crippen MR) is 108 cm³/mol. The Balaban J connectivity index is 1.99. The summed E-state index contributed by atoms with van der Waals surface area (Å²) < 4.78 is 0. The Morgan fingerprint density at radius 2 is 1.12 bits per heavy atom. The fourth-order valence-electron chi connectivity index (χ4n) is 3.33. The normalized spacial score (nSPS) is 10.8. The van der Waals surface area contributed by atoms with Crippen LogP contribution in [0.4, 0.5) is 17.1 Å². The highest BCUT2D eigenvalue weighted by atomic mass is 15.1. The van der Waals surface area contributed by atoms with Crippen LogP contribution in [-0.4, -0.2) is 0 Å². The highest BCUT2D eigenvalue weighted by Gasteiger charge is 2.15. The van der Waals surface area contributed by atoms with Crippen LogP contribution in [0.1, 0.15) is 11.1 Å². The summed E-state index contributed by atoms with van der Waals surface area (Å²) in [5, 5.41) is 2.57. The zero-order valence-electron chi connectivity index (χ0n) is 14.6. The summed E-state index contributed by atoms with van der Waals surface area (Å²) >= 11 is 0. The first-order valence-electron chi connectivity index (χ1n) is 8.64. The summed E-state index contributed by atoms with van der Waals surface area (Å²) in [5.74, 6) is 0. The van der Waals surface area contributed by atoms with Gasteiger partial charge in [-0.25, -0.2) is 0 Å². The molecule has 4 aromatic carbocycles. The molecule has 0 spiro atoms. The Morgan fingerprint density at radius 1 is 0.520 bits per heavy atom. The van der Waals surface area contributed by atoms with Gasteiger partial charge in [-0.1, -0.05) is 66.2 Å². The quantitative estimate of drug-likeness (QED) is 0.395. The second kappa shape index (κ2) is 6.45. The lowest BCUT2D eigenvalue weighted by atomic mass is 10.0. The van der Waals surface area contributed by atoms with Crippen LogP contribution in [0, 0.1) is 13.8 Å². The molecule has 0 saturated heterocycles. The van der Waals surface area contributed by atoms with Gasteiger partial charge in [-0.15, -0.1) is 0 Å². The minimum absolute atomic E-state index is 1.17. The molecule has 0 aliphatic heterocycles. The van der Waals surface area contributed by atoms with Crippen molar-refractivity contribution in [2.45, 2.75) is 13.8 Å². The fourth-order valence-corrected chi connectivity index (χ4v) is 3.33. The van der Waals surface area contributed by atoms with E-state index >= 15 is 0 Å². The maximum absolute atomic E-state index is 2.33. The number of anilines is 3. The summed E-state index contributed by atoms with van der Waals surface area (Å²) in [6, 6.07) is 32.4. The van der Waals surface area contributed by atoms with Crippen LogP contribution in [0.5, 0.6) is 0 Å². The first kappa shape index (κ1) is 15.5. The smallest absolute Gasteiger partial charge is 0.0540 e. The lowest BCUT2D eigenvalue weighted by Gasteiger charge is -2.27. The van der Waals surface area contributed by atoms with Gasteiger partial charge in [-0.2, -0.15) is 0 Å². The molecule has 25 heavy (non-hydrogen) atoms. The van der Waals surface area contributed by atoms with E-state index in [1.807, 2.05) is 0 Å². The van der Waals surface area contributed by atoms with Gasteiger partial charge in [-0.3, -0.25) is 0 Å². The third-order valence-corrected chi connectivity index (χ3v) is 4.67. The van der Waals surface area contributed by atoms with E-state index in [4.69, 9.17) is 0 Å². The number of aryl methyl sites for hydroxylation is 2. The minimum Gasteiger partial charge on any atom is -0.310 e. The summed E-state index contributed by atoms with van der Waals surface area (Å²) in [5.41, 5.74) is 6.12. The molecule has 0 N–H and O–H groups in total. The number of fused-ring (bicyclic) bond motifs is 1. The van der Waals surface area contributed by atoms with E-state index in [1.54, 1.807) is 0 Å². The highest BCUT2D eigenvalue weighted by molar-refractivity contribution is 6.00. The van der Waals surface area contributed by atoms with Crippen molar-refractivity contribution in [2.75, 3.05) is 4.90 Å². The van der Waals surface area contributed by atoms with Gasteiger partial charge in [0.25, 0.3) is 0 Å². The van der Waals surface area contributed by atoms with Gasteiger partial charge in [0.05, 0.1) is 5.69 Å². The van der Waals surface area contributed by atoms with Gasteiger partial charge in [0.2, 0.25) is 0 Å². The van der Waals surface area contributed by atoms with E-state index in [2.05, 4.69) is 110 Å². The monoisotopic (exact) mass is 323 g/mol. The standard InChI is InChI=1S/C24H21N/c1-18-12-15-21(16-13-18)25(20-8-4-3-5-9-20)24-17-14-19(2)22-10-6-7-11-23(22)24/h3-17H,1-2H3. The molecular weight excluding hydrogens is 302 g/mol. The number of benzene rings is 4. The van der Waals surface area contributed by atoms with Gasteiger partial charge in [0.15, 0.2) is 0 Å². The molecule has 1 heteroatoms. The number of hydrogen-bond acceptors (Lipinski definition) is 1. The number of nitrogens with zero attached hydrogens (tertiary/aromatic N) is 1. The molecule has 0 saturated carbocycles. The average molecular weight is 323 g/mol. The minimum atomic E-state index is 1.17. The maximum atomic E-state index is 2.33. The van der Waals surface area contributed by atoms with E-state index in [9.17, 15) is 0 Å². The van der Waals surface area contributed by atoms with Gasteiger partial charge in [-0.05, 0) is 55.1 Å². The van der Waals surface area contributed by atoms with Gasteiger partial charge < -0.3 is 4.90 Å². The second-order valence-electron chi connectivity index (χ2n) is 6.45. The maximum Gasteiger partial charge on any atom is 0.0540 e. The second-order valence-corrected chi connectivity index (χ2v) is 6.45. The molecule has 122 valence electrons. The molecule has 0 atom stereocenters. The molecule has 1 nitrogen and oxygen atoms in total. The first-order valence-corrected chi connectivity index (χ1v) is 8.64. The van der Waals surface area contributed by atoms with Crippen LogP contribution >= 0.6 is 0 Å². The van der Waals surface area contributed by atoms with Crippen LogP contribution in [0.25, 0.3) is 10.8 Å². The lowest BCUT2D eigenvalue weighted by molar-refractivity contribution is 1.28. The highest BCUT2D eigenvalue weighted by Crippen LogP contribution is 2.39. The molecular formula is C24H21N. The van der Waals surface area contributed by atoms with Crippen LogP contribution in [-0.2, 0) is 0 Å². The zero-order valence-corrected chi connectivity index (χ0v) is 14.6. The molecule has 4 rings (SSSR count). The molecule has 0 radical (unpaired) electrons.